The van der Waals surface area contributed by atoms with Gasteiger partial charge in [0.15, 0.2) is 0 Å². The van der Waals surface area contributed by atoms with Crippen molar-refractivity contribution in [2.45, 2.75) is 6.42 Å². The number of fused-ring (bicyclic) bond motifs is 1. The predicted molar refractivity (Wildman–Crippen MR) is 83.6 cm³/mol. The van der Waals surface area contributed by atoms with Gasteiger partial charge < -0.3 is 15.4 Å². The largest absolute Gasteiger partial charge is 0.496 e. The number of hydrogen-bond acceptors (Lipinski definition) is 3. The van der Waals surface area contributed by atoms with Gasteiger partial charge in [-0.1, -0.05) is 24.3 Å². The molecule has 2 N–H and O–H groups in total. The third-order valence-corrected chi connectivity index (χ3v) is 4.24. The maximum atomic E-state index is 12.8. The molecule has 0 saturated carbocycles. The number of likely N-dealkylation sites (tertiary alicyclic amines) is 1. The standard InChI is InChI=1S/C17H20N2O2/c1-21-16-7-6-15(13-4-2-3-5-14(13)16)17(20)19-9-8-12(10-18)11-19/h2-7,12H,8-11,18H2,1H3. The van der Waals surface area contributed by atoms with Crippen LogP contribution < -0.4 is 10.5 Å². The van der Waals surface area contributed by atoms with Crippen molar-refractivity contribution in [1.29, 1.82) is 0 Å². The number of carbonyl (C=O) groups is 1. The minimum Gasteiger partial charge on any atom is -0.496 e. The van der Waals surface area contributed by atoms with Gasteiger partial charge in [0, 0.05) is 24.0 Å². The highest BCUT2D eigenvalue weighted by atomic mass is 16.5. The third kappa shape index (κ3) is 2.47. The van der Waals surface area contributed by atoms with Gasteiger partial charge in [0.1, 0.15) is 5.75 Å². The number of hydrogen-bond donors (Lipinski definition) is 1. The molecule has 2 aromatic carbocycles. The molecule has 0 aliphatic carbocycles. The van der Waals surface area contributed by atoms with Gasteiger partial charge in [0.05, 0.1) is 7.11 Å². The molecule has 4 nitrogen and oxygen atoms in total. The van der Waals surface area contributed by atoms with Crippen molar-refractivity contribution in [3.63, 3.8) is 0 Å². The summed E-state index contributed by atoms with van der Waals surface area (Å²) in [6.07, 6.45) is 0.996. The molecule has 1 unspecified atom stereocenters. The van der Waals surface area contributed by atoms with E-state index in [0.717, 1.165) is 41.6 Å². The van der Waals surface area contributed by atoms with Crippen LogP contribution in [0.25, 0.3) is 10.8 Å². The summed E-state index contributed by atoms with van der Waals surface area (Å²) in [6.45, 7) is 2.20. The van der Waals surface area contributed by atoms with Crippen LogP contribution in [0, 0.1) is 5.92 Å². The van der Waals surface area contributed by atoms with E-state index in [-0.39, 0.29) is 5.91 Å². The molecule has 1 fully saturated rings. The minimum atomic E-state index is 0.0878. The molecule has 3 rings (SSSR count). The monoisotopic (exact) mass is 284 g/mol. The molecular weight excluding hydrogens is 264 g/mol. The van der Waals surface area contributed by atoms with Crippen molar-refractivity contribution in [3.8, 4) is 5.75 Å². The molecule has 21 heavy (non-hydrogen) atoms. The molecule has 1 aliphatic heterocycles. The molecule has 1 heterocycles. The first-order valence-electron chi connectivity index (χ1n) is 7.29. The quantitative estimate of drug-likeness (QED) is 0.940. The summed E-state index contributed by atoms with van der Waals surface area (Å²) in [6, 6.07) is 11.6. The Bertz CT molecular complexity index is 669. The van der Waals surface area contributed by atoms with Crippen LogP contribution in [0.3, 0.4) is 0 Å². The molecule has 4 heteroatoms. The van der Waals surface area contributed by atoms with E-state index in [4.69, 9.17) is 10.5 Å². The number of benzene rings is 2. The highest BCUT2D eigenvalue weighted by Gasteiger charge is 2.27. The van der Waals surface area contributed by atoms with Crippen molar-refractivity contribution in [2.24, 2.45) is 11.7 Å². The second-order valence-corrected chi connectivity index (χ2v) is 5.50. The topological polar surface area (TPSA) is 55.6 Å². The molecule has 1 amide bonds. The Kier molecular flexibility index (Phi) is 3.80. The van der Waals surface area contributed by atoms with Crippen LogP contribution in [0.5, 0.6) is 5.75 Å². The maximum Gasteiger partial charge on any atom is 0.254 e. The number of methoxy groups -OCH3 is 1. The Morgan fingerprint density at radius 3 is 2.71 bits per heavy atom. The normalized spacial score (nSPS) is 18.2. The Morgan fingerprint density at radius 2 is 2.05 bits per heavy atom. The number of amides is 1. The third-order valence-electron chi connectivity index (χ3n) is 4.24. The summed E-state index contributed by atoms with van der Waals surface area (Å²) >= 11 is 0. The van der Waals surface area contributed by atoms with E-state index in [2.05, 4.69) is 0 Å². The zero-order chi connectivity index (χ0) is 14.8. The zero-order valence-electron chi connectivity index (χ0n) is 12.2. The summed E-state index contributed by atoms with van der Waals surface area (Å²) in [7, 11) is 1.65. The molecule has 2 aromatic rings. The number of rotatable bonds is 3. The van der Waals surface area contributed by atoms with E-state index in [1.54, 1.807) is 7.11 Å². The molecule has 0 spiro atoms. The van der Waals surface area contributed by atoms with Gasteiger partial charge in [-0.05, 0) is 36.4 Å². The summed E-state index contributed by atoms with van der Waals surface area (Å²) in [5.74, 6) is 1.31. The summed E-state index contributed by atoms with van der Waals surface area (Å²) < 4.78 is 5.38. The fraction of sp³-hybridized carbons (Fsp3) is 0.353. The number of nitrogens with two attached hydrogens (primary N) is 1. The van der Waals surface area contributed by atoms with Crippen molar-refractivity contribution >= 4 is 16.7 Å². The second-order valence-electron chi connectivity index (χ2n) is 5.50. The van der Waals surface area contributed by atoms with Crippen molar-refractivity contribution in [1.82, 2.24) is 4.90 Å². The highest BCUT2D eigenvalue weighted by molar-refractivity contribution is 6.08. The van der Waals surface area contributed by atoms with Gasteiger partial charge in [-0.25, -0.2) is 0 Å². The van der Waals surface area contributed by atoms with Gasteiger partial charge in [-0.2, -0.15) is 0 Å². The minimum absolute atomic E-state index is 0.0878. The lowest BCUT2D eigenvalue weighted by Crippen LogP contribution is -2.30. The van der Waals surface area contributed by atoms with Crippen LogP contribution >= 0.6 is 0 Å². The lowest BCUT2D eigenvalue weighted by atomic mass is 10.0. The van der Waals surface area contributed by atoms with Crippen LogP contribution in [0.15, 0.2) is 36.4 Å². The number of carbonyl (C=O) groups excluding carboxylic acids is 1. The summed E-state index contributed by atoms with van der Waals surface area (Å²) in [5.41, 5.74) is 6.45. The molecular formula is C17H20N2O2. The van der Waals surface area contributed by atoms with E-state index in [0.29, 0.717) is 12.5 Å². The van der Waals surface area contributed by atoms with Crippen molar-refractivity contribution < 1.29 is 9.53 Å². The van der Waals surface area contributed by atoms with Crippen LogP contribution in [-0.2, 0) is 0 Å². The molecule has 1 aliphatic rings. The van der Waals surface area contributed by atoms with Crippen LogP contribution in [0.2, 0.25) is 0 Å². The predicted octanol–water partition coefficient (Wildman–Crippen LogP) is 2.27. The van der Waals surface area contributed by atoms with Gasteiger partial charge in [0.2, 0.25) is 0 Å². The highest BCUT2D eigenvalue weighted by Crippen LogP contribution is 2.30. The van der Waals surface area contributed by atoms with Crippen molar-refractivity contribution in [3.05, 3.63) is 42.0 Å². The summed E-state index contributed by atoms with van der Waals surface area (Å²) in [4.78, 5) is 14.7. The van der Waals surface area contributed by atoms with Crippen LogP contribution in [0.4, 0.5) is 0 Å². The first-order valence-corrected chi connectivity index (χ1v) is 7.29. The average Bonchev–Trinajstić information content (AvgIpc) is 3.02. The second kappa shape index (κ2) is 5.74. The average molecular weight is 284 g/mol. The van der Waals surface area contributed by atoms with Crippen LogP contribution in [0.1, 0.15) is 16.8 Å². The first kappa shape index (κ1) is 13.9. The fourth-order valence-electron chi connectivity index (χ4n) is 3.02. The zero-order valence-corrected chi connectivity index (χ0v) is 12.2. The fourth-order valence-corrected chi connectivity index (χ4v) is 3.02. The van der Waals surface area contributed by atoms with Gasteiger partial charge in [-0.15, -0.1) is 0 Å². The molecule has 1 atom stereocenters. The molecule has 0 bridgehead atoms. The van der Waals surface area contributed by atoms with E-state index < -0.39 is 0 Å². The number of nitrogens with zero attached hydrogens (tertiary/aromatic N) is 1. The smallest absolute Gasteiger partial charge is 0.254 e. The molecule has 110 valence electrons. The SMILES string of the molecule is COc1ccc(C(=O)N2CCC(CN)C2)c2ccccc12. The Labute approximate surface area is 124 Å². The lowest BCUT2D eigenvalue weighted by Gasteiger charge is -2.18. The van der Waals surface area contributed by atoms with Gasteiger partial charge in [-0.3, -0.25) is 4.79 Å². The van der Waals surface area contributed by atoms with Crippen molar-refractivity contribution in [2.75, 3.05) is 26.7 Å². The Balaban J connectivity index is 1.99. The maximum absolute atomic E-state index is 12.8. The van der Waals surface area contributed by atoms with Gasteiger partial charge in [0.25, 0.3) is 5.91 Å². The summed E-state index contributed by atoms with van der Waals surface area (Å²) in [5, 5.41) is 1.92. The van der Waals surface area contributed by atoms with Crippen LogP contribution in [-0.4, -0.2) is 37.6 Å². The molecule has 0 radical (unpaired) electrons. The van der Waals surface area contributed by atoms with E-state index in [9.17, 15) is 4.79 Å². The number of ether oxygens (including phenoxy) is 1. The van der Waals surface area contributed by atoms with Gasteiger partial charge >= 0.3 is 0 Å². The van der Waals surface area contributed by atoms with E-state index in [1.807, 2.05) is 41.3 Å². The lowest BCUT2D eigenvalue weighted by molar-refractivity contribution is 0.0789. The first-order chi connectivity index (χ1) is 10.2. The molecule has 1 saturated heterocycles. The Hall–Kier alpha value is -2.07. The molecule has 0 aromatic heterocycles. The van der Waals surface area contributed by atoms with E-state index >= 15 is 0 Å². The van der Waals surface area contributed by atoms with E-state index in [1.165, 1.54) is 0 Å². The Morgan fingerprint density at radius 1 is 1.29 bits per heavy atom.